The van der Waals surface area contributed by atoms with Crippen LogP contribution < -0.4 is 29.6 Å². The molecule has 0 bridgehead atoms. The molecule has 0 atom stereocenters. The quantitative estimate of drug-likeness (QED) is 0.0616. The fourth-order valence-corrected chi connectivity index (χ4v) is 8.60. The van der Waals surface area contributed by atoms with Crippen LogP contribution in [0.25, 0.3) is 80.5 Å². The van der Waals surface area contributed by atoms with Gasteiger partial charge in [-0.25, -0.2) is 11.1 Å². The minimum absolute atomic E-state index is 0. The molecule has 3 nitrogen and oxygen atoms in total. The summed E-state index contributed by atoms with van der Waals surface area (Å²) in [6.45, 7) is 0. The molecular formula is C50H32N3NaS-2. The van der Waals surface area contributed by atoms with Crippen LogP contribution in [0.3, 0.4) is 0 Å². The molecule has 0 saturated heterocycles. The molecule has 2 N–H and O–H groups in total. The van der Waals surface area contributed by atoms with Crippen molar-refractivity contribution in [2.75, 3.05) is 0 Å². The van der Waals surface area contributed by atoms with Gasteiger partial charge < -0.3 is 16.1 Å². The molecule has 0 aliphatic heterocycles. The average Bonchev–Trinajstić information content (AvgIpc) is 3.66. The van der Waals surface area contributed by atoms with Crippen LogP contribution in [-0.4, -0.2) is 11.7 Å². The summed E-state index contributed by atoms with van der Waals surface area (Å²) in [5.41, 5.74) is 13.9. The monoisotopic (exact) mass is 729 g/mol. The molecule has 1 aromatic heterocycles. The molecule has 5 heteroatoms. The molecule has 10 rings (SSSR count). The minimum Gasteiger partial charge on any atom is -0.482 e. The average molecular weight is 730 g/mol. The molecule has 9 aromatic carbocycles. The van der Waals surface area contributed by atoms with Gasteiger partial charge in [0.15, 0.2) is 0 Å². The van der Waals surface area contributed by atoms with Crippen molar-refractivity contribution < 1.29 is 29.6 Å². The molecule has 0 unspecified atom stereocenters. The normalized spacial score (nSPS) is 11.4. The Morgan fingerprint density at radius 3 is 1.85 bits per heavy atom. The summed E-state index contributed by atoms with van der Waals surface area (Å²) in [7, 11) is 0. The van der Waals surface area contributed by atoms with Gasteiger partial charge in [0, 0.05) is 10.5 Å². The number of rotatable bonds is 4. The zero-order chi connectivity index (χ0) is 36.4. The van der Waals surface area contributed by atoms with Crippen molar-refractivity contribution >= 4 is 75.5 Å². The first-order valence-electron chi connectivity index (χ1n) is 17.8. The van der Waals surface area contributed by atoms with Crippen molar-refractivity contribution in [1.29, 1.82) is 5.41 Å². The van der Waals surface area contributed by atoms with Crippen molar-refractivity contribution in [1.82, 2.24) is 0 Å². The summed E-state index contributed by atoms with van der Waals surface area (Å²) in [6.07, 6.45) is 0. The number of amidine groups is 2. The van der Waals surface area contributed by atoms with Crippen LogP contribution in [0.1, 0.15) is 11.1 Å². The second kappa shape index (κ2) is 15.8. The number of nitrogens with zero attached hydrogens (tertiary/aromatic N) is 1. The fourth-order valence-electron chi connectivity index (χ4n) is 7.21. The van der Waals surface area contributed by atoms with Gasteiger partial charge in [-0.15, -0.1) is 17.5 Å². The third-order valence-corrected chi connectivity index (χ3v) is 11.0. The number of aliphatic imine (C=N–C) groups is 1. The standard InChI is InChI=1S/C36H20S.C14H12N3.Na/c1-2-11-24(12-3-1)27-20-21-28(26-19-18-23-10-4-5-13-25(23)22-26)35-33(27)34-31-16-8-6-14-29(31)30-15-7-9-17-32(30)36(34)37-35;15-13(11-7-3-1-4-8-11)17-14(16)12-9-5-2-6-10-12;/h1-11,13-19,21-22H;1-10H,(H2-,15,16,17);/q-2;-1;+1. The maximum Gasteiger partial charge on any atom is 1.00 e. The zero-order valence-electron chi connectivity index (χ0n) is 30.2. The number of hydrogen-bond acceptors (Lipinski definition) is 2. The van der Waals surface area contributed by atoms with Gasteiger partial charge in [-0.1, -0.05) is 169 Å². The second-order valence-electron chi connectivity index (χ2n) is 13.1. The van der Waals surface area contributed by atoms with E-state index in [4.69, 9.17) is 11.1 Å². The Balaban J connectivity index is 0.000000201. The van der Waals surface area contributed by atoms with Gasteiger partial charge in [0.1, 0.15) is 0 Å². The van der Waals surface area contributed by atoms with Gasteiger partial charge in [-0.2, -0.15) is 41.7 Å². The van der Waals surface area contributed by atoms with E-state index < -0.39 is 0 Å². The van der Waals surface area contributed by atoms with E-state index in [1.54, 1.807) is 0 Å². The second-order valence-corrected chi connectivity index (χ2v) is 14.1. The van der Waals surface area contributed by atoms with Crippen molar-refractivity contribution in [2.45, 2.75) is 0 Å². The van der Waals surface area contributed by atoms with E-state index in [2.05, 4.69) is 126 Å². The number of nitrogens with one attached hydrogen (secondary N) is 2. The first-order chi connectivity index (χ1) is 26.6. The van der Waals surface area contributed by atoms with Crippen LogP contribution in [0, 0.1) is 17.5 Å². The van der Waals surface area contributed by atoms with Crippen LogP contribution in [0.15, 0.2) is 187 Å². The molecule has 0 fully saturated rings. The van der Waals surface area contributed by atoms with E-state index in [-0.39, 0.29) is 41.2 Å². The minimum atomic E-state index is 0. The van der Waals surface area contributed by atoms with E-state index in [9.17, 15) is 0 Å². The van der Waals surface area contributed by atoms with E-state index in [0.717, 1.165) is 11.1 Å². The third-order valence-electron chi connectivity index (χ3n) is 9.78. The largest absolute Gasteiger partial charge is 1.00 e. The Kier molecular flexibility index (Phi) is 10.4. The van der Waals surface area contributed by atoms with Gasteiger partial charge in [0.2, 0.25) is 0 Å². The molecular weight excluding hydrogens is 698 g/mol. The van der Waals surface area contributed by atoms with Crippen LogP contribution in [0.2, 0.25) is 0 Å². The Morgan fingerprint density at radius 2 is 1.15 bits per heavy atom. The first kappa shape index (κ1) is 36.1. The molecule has 0 saturated carbocycles. The molecule has 55 heavy (non-hydrogen) atoms. The number of thiophene rings is 1. The van der Waals surface area contributed by atoms with Crippen molar-refractivity contribution in [3.63, 3.8) is 0 Å². The third kappa shape index (κ3) is 6.98. The molecule has 0 radical (unpaired) electrons. The molecule has 0 amide bonds. The summed E-state index contributed by atoms with van der Waals surface area (Å²) >= 11 is 1.91. The molecule has 0 aliphatic rings. The van der Waals surface area contributed by atoms with Crippen LogP contribution in [0.4, 0.5) is 0 Å². The van der Waals surface area contributed by atoms with Crippen molar-refractivity contribution in [3.8, 4) is 22.3 Å². The van der Waals surface area contributed by atoms with Crippen LogP contribution >= 0.6 is 11.3 Å². The topological polar surface area (TPSA) is 60.0 Å². The van der Waals surface area contributed by atoms with E-state index >= 15 is 0 Å². The number of fused-ring (bicyclic) bond motifs is 9. The van der Waals surface area contributed by atoms with Gasteiger partial charge in [-0.05, 0) is 53.5 Å². The zero-order valence-corrected chi connectivity index (χ0v) is 33.0. The summed E-state index contributed by atoms with van der Waals surface area (Å²) in [5.74, 6) is 0.221. The van der Waals surface area contributed by atoms with Crippen molar-refractivity contribution in [2.24, 2.45) is 4.99 Å². The predicted octanol–water partition coefficient (Wildman–Crippen LogP) is 11.0. The van der Waals surface area contributed by atoms with Crippen LogP contribution in [0.5, 0.6) is 0 Å². The van der Waals surface area contributed by atoms with E-state index in [0.29, 0.717) is 11.1 Å². The molecule has 1 heterocycles. The predicted molar refractivity (Wildman–Crippen MR) is 231 cm³/mol. The van der Waals surface area contributed by atoms with Crippen molar-refractivity contribution in [3.05, 3.63) is 211 Å². The Labute approximate surface area is 346 Å². The summed E-state index contributed by atoms with van der Waals surface area (Å²) in [5, 5.41) is 18.1. The van der Waals surface area contributed by atoms with Crippen LogP contribution in [-0.2, 0) is 0 Å². The molecule has 10 aromatic rings. The SMILES string of the molecule is N=C(N=C([NH-])c1ccccc1)c1ccccc1.[Na+].[c-]1ccccc1-c1[c-]cc(-c2ccc3ccccc3c2)c2sc3c4ccccc4c4ccccc4c3c12. The summed E-state index contributed by atoms with van der Waals surface area (Å²) in [6, 6.07) is 69.1. The Bertz CT molecular complexity index is 3010. The first-order valence-corrected chi connectivity index (χ1v) is 18.6. The number of benzene rings is 9. The number of hydrogen-bond donors (Lipinski definition) is 1. The fraction of sp³-hybridized carbons (Fsp3) is 0. The van der Waals surface area contributed by atoms with Gasteiger partial charge in [0.25, 0.3) is 0 Å². The Morgan fingerprint density at radius 1 is 0.545 bits per heavy atom. The molecule has 0 spiro atoms. The summed E-state index contributed by atoms with van der Waals surface area (Å²) < 4.78 is 2.64. The van der Waals surface area contributed by atoms with Gasteiger partial charge in [0.05, 0.1) is 0 Å². The molecule has 0 aliphatic carbocycles. The maximum atomic E-state index is 7.80. The summed E-state index contributed by atoms with van der Waals surface area (Å²) in [4.78, 5) is 3.98. The molecule has 256 valence electrons. The Hall–Kier alpha value is -5.88. The van der Waals surface area contributed by atoms with Gasteiger partial charge >= 0.3 is 29.6 Å². The van der Waals surface area contributed by atoms with E-state index in [1.807, 2.05) is 84.1 Å². The van der Waals surface area contributed by atoms with E-state index in [1.165, 1.54) is 63.6 Å². The maximum absolute atomic E-state index is 7.80. The smallest absolute Gasteiger partial charge is 0.482 e. The van der Waals surface area contributed by atoms with Gasteiger partial charge in [-0.3, -0.25) is 0 Å².